The van der Waals surface area contributed by atoms with Crippen molar-refractivity contribution in [1.29, 1.82) is 0 Å². The number of anilines is 1. The van der Waals surface area contributed by atoms with Gasteiger partial charge in [0.15, 0.2) is 0 Å². The lowest BCUT2D eigenvalue weighted by molar-refractivity contribution is -0.0704. The van der Waals surface area contributed by atoms with Crippen molar-refractivity contribution in [3.05, 3.63) is 29.8 Å². The van der Waals surface area contributed by atoms with Gasteiger partial charge in [0.25, 0.3) is 0 Å². The van der Waals surface area contributed by atoms with Crippen LogP contribution in [0.1, 0.15) is 39.2 Å². The Labute approximate surface area is 146 Å². The van der Waals surface area contributed by atoms with Gasteiger partial charge in [-0.1, -0.05) is 12.1 Å². The topological polar surface area (TPSA) is 33.7 Å². The summed E-state index contributed by atoms with van der Waals surface area (Å²) in [6.45, 7) is 11.5. The molecule has 134 valence electrons. The summed E-state index contributed by atoms with van der Waals surface area (Å²) in [5.41, 5.74) is 2.61. The molecule has 2 aliphatic heterocycles. The lowest BCUT2D eigenvalue weighted by Gasteiger charge is -2.35. The summed E-state index contributed by atoms with van der Waals surface area (Å²) in [5.74, 6) is 0.711. The van der Waals surface area contributed by atoms with Crippen molar-refractivity contribution in [1.82, 2.24) is 4.90 Å². The van der Waals surface area contributed by atoms with Gasteiger partial charge in [-0.2, -0.15) is 0 Å². The number of hydrogen-bond acceptors (Lipinski definition) is 4. The zero-order valence-corrected chi connectivity index (χ0v) is 15.3. The van der Waals surface area contributed by atoms with E-state index in [-0.39, 0.29) is 0 Å². The van der Waals surface area contributed by atoms with Crippen molar-refractivity contribution >= 4 is 5.69 Å². The highest BCUT2D eigenvalue weighted by atomic mass is 16.5. The van der Waals surface area contributed by atoms with Crippen LogP contribution < -0.4 is 5.32 Å². The first-order valence-corrected chi connectivity index (χ1v) is 9.41. The Morgan fingerprint density at radius 1 is 1.17 bits per heavy atom. The van der Waals surface area contributed by atoms with E-state index in [0.29, 0.717) is 24.2 Å². The van der Waals surface area contributed by atoms with Gasteiger partial charge in [0.05, 0.1) is 12.2 Å². The van der Waals surface area contributed by atoms with Crippen molar-refractivity contribution in [2.24, 2.45) is 5.92 Å². The van der Waals surface area contributed by atoms with Crippen LogP contribution >= 0.6 is 0 Å². The number of ether oxygens (including phenoxy) is 2. The smallest absolute Gasteiger partial charge is 0.0678 e. The van der Waals surface area contributed by atoms with Crippen molar-refractivity contribution in [3.63, 3.8) is 0 Å². The maximum atomic E-state index is 5.83. The average Bonchev–Trinajstić information content (AvgIpc) is 2.55. The maximum Gasteiger partial charge on any atom is 0.0678 e. The fourth-order valence-electron chi connectivity index (χ4n) is 4.03. The van der Waals surface area contributed by atoms with Gasteiger partial charge >= 0.3 is 0 Å². The molecule has 4 nitrogen and oxygen atoms in total. The summed E-state index contributed by atoms with van der Waals surface area (Å²) in [4.78, 5) is 2.50. The first kappa shape index (κ1) is 17.7. The summed E-state index contributed by atoms with van der Waals surface area (Å²) < 4.78 is 11.3. The summed E-state index contributed by atoms with van der Waals surface area (Å²) in [6, 6.07) is 9.38. The highest BCUT2D eigenvalue weighted by molar-refractivity contribution is 5.46. The van der Waals surface area contributed by atoms with Crippen LogP contribution in [0.5, 0.6) is 0 Å². The number of benzene rings is 1. The van der Waals surface area contributed by atoms with Crippen LogP contribution in [0.25, 0.3) is 0 Å². The predicted octanol–water partition coefficient (Wildman–Crippen LogP) is 3.52. The number of rotatable bonds is 5. The third-order valence-corrected chi connectivity index (χ3v) is 5.20. The molecule has 0 aromatic heterocycles. The monoisotopic (exact) mass is 332 g/mol. The summed E-state index contributed by atoms with van der Waals surface area (Å²) in [6.07, 6.45) is 2.97. The summed E-state index contributed by atoms with van der Waals surface area (Å²) in [5, 5.41) is 3.71. The van der Waals surface area contributed by atoms with Crippen molar-refractivity contribution in [2.75, 3.05) is 31.6 Å². The minimum Gasteiger partial charge on any atom is -0.382 e. The summed E-state index contributed by atoms with van der Waals surface area (Å²) >= 11 is 0. The van der Waals surface area contributed by atoms with E-state index >= 15 is 0 Å². The van der Waals surface area contributed by atoms with Gasteiger partial charge in [-0.05, 0) is 57.2 Å². The molecule has 2 fully saturated rings. The largest absolute Gasteiger partial charge is 0.382 e. The van der Waals surface area contributed by atoms with Crippen molar-refractivity contribution < 1.29 is 9.47 Å². The number of morpholine rings is 1. The molecule has 0 saturated carbocycles. The normalized spacial score (nSPS) is 27.8. The Morgan fingerprint density at radius 3 is 2.58 bits per heavy atom. The first-order chi connectivity index (χ1) is 11.6. The Balaban J connectivity index is 1.57. The molecule has 2 saturated heterocycles. The molecular formula is C20H32N2O2. The van der Waals surface area contributed by atoms with E-state index in [0.717, 1.165) is 45.7 Å². The number of hydrogen-bond donors (Lipinski definition) is 1. The molecule has 2 aliphatic rings. The Kier molecular flexibility index (Phi) is 6.14. The van der Waals surface area contributed by atoms with Crippen LogP contribution in [0, 0.1) is 5.92 Å². The molecule has 0 radical (unpaired) electrons. The van der Waals surface area contributed by atoms with Gasteiger partial charge < -0.3 is 14.8 Å². The van der Waals surface area contributed by atoms with Crippen molar-refractivity contribution in [3.8, 4) is 0 Å². The lowest BCUT2D eigenvalue weighted by Crippen LogP contribution is -2.44. The number of nitrogens with one attached hydrogen (secondary N) is 1. The highest BCUT2D eigenvalue weighted by Gasteiger charge is 2.23. The van der Waals surface area contributed by atoms with Gasteiger partial charge in [-0.3, -0.25) is 4.90 Å². The van der Waals surface area contributed by atoms with E-state index in [9.17, 15) is 0 Å². The van der Waals surface area contributed by atoms with E-state index in [1.807, 2.05) is 0 Å². The second-order valence-electron chi connectivity index (χ2n) is 7.53. The molecule has 4 heteroatoms. The molecule has 3 rings (SSSR count). The van der Waals surface area contributed by atoms with E-state index in [1.54, 1.807) is 0 Å². The van der Waals surface area contributed by atoms with Crippen LogP contribution in [0.15, 0.2) is 24.3 Å². The molecular weight excluding hydrogens is 300 g/mol. The van der Waals surface area contributed by atoms with E-state index in [1.165, 1.54) is 11.3 Å². The Morgan fingerprint density at radius 2 is 1.88 bits per heavy atom. The van der Waals surface area contributed by atoms with Gasteiger partial charge in [0.1, 0.15) is 0 Å². The van der Waals surface area contributed by atoms with Gasteiger partial charge in [0, 0.05) is 44.6 Å². The van der Waals surface area contributed by atoms with Crippen LogP contribution in [-0.2, 0) is 16.0 Å². The molecule has 0 bridgehead atoms. The molecule has 0 spiro atoms. The molecule has 1 aromatic rings. The fraction of sp³-hybridized carbons (Fsp3) is 0.700. The van der Waals surface area contributed by atoms with Crippen LogP contribution in [0.3, 0.4) is 0 Å². The van der Waals surface area contributed by atoms with Crippen molar-refractivity contribution in [2.45, 2.75) is 58.4 Å². The van der Waals surface area contributed by atoms with E-state index in [2.05, 4.69) is 55.3 Å². The lowest BCUT2D eigenvalue weighted by atomic mass is 9.93. The number of nitrogens with zero attached hydrogens (tertiary/aromatic N) is 1. The second-order valence-corrected chi connectivity index (χ2v) is 7.53. The zero-order valence-electron chi connectivity index (χ0n) is 15.3. The highest BCUT2D eigenvalue weighted by Crippen LogP contribution is 2.23. The van der Waals surface area contributed by atoms with Crippen LogP contribution in [0.2, 0.25) is 0 Å². The van der Waals surface area contributed by atoms with E-state index < -0.39 is 0 Å². The SMILES string of the molecule is C[C@@H]1CN(Cc2cccc(N[C@H](C)C3CCOCC3)c2)C[C@H](C)O1. The average molecular weight is 332 g/mol. The Bertz CT molecular complexity index is 506. The minimum absolute atomic E-state index is 0.323. The van der Waals surface area contributed by atoms with Gasteiger partial charge in [-0.25, -0.2) is 0 Å². The molecule has 1 N–H and O–H groups in total. The second kappa shape index (κ2) is 8.32. The molecule has 24 heavy (non-hydrogen) atoms. The standard InChI is InChI=1S/C20H32N2O2/c1-15-12-22(13-16(2)24-15)14-18-5-4-6-20(11-18)21-17(3)19-7-9-23-10-8-19/h4-6,11,15-17,19,21H,7-10,12-14H2,1-3H3/t15-,16+,17-/m1/s1. The Hall–Kier alpha value is -1.10. The maximum absolute atomic E-state index is 5.83. The van der Waals surface area contributed by atoms with Gasteiger partial charge in [0.2, 0.25) is 0 Å². The van der Waals surface area contributed by atoms with E-state index in [4.69, 9.17) is 9.47 Å². The zero-order chi connectivity index (χ0) is 16.9. The molecule has 3 atom stereocenters. The third-order valence-electron chi connectivity index (χ3n) is 5.20. The molecule has 0 aliphatic carbocycles. The van der Waals surface area contributed by atoms with Crippen LogP contribution in [0.4, 0.5) is 5.69 Å². The van der Waals surface area contributed by atoms with Gasteiger partial charge in [-0.15, -0.1) is 0 Å². The molecule has 1 aromatic carbocycles. The molecule has 0 unspecified atom stereocenters. The molecule has 0 amide bonds. The quantitative estimate of drug-likeness (QED) is 0.894. The minimum atomic E-state index is 0.323. The van der Waals surface area contributed by atoms with Crippen LogP contribution in [-0.4, -0.2) is 49.5 Å². The third kappa shape index (κ3) is 4.95. The first-order valence-electron chi connectivity index (χ1n) is 9.41. The molecule has 2 heterocycles. The predicted molar refractivity (Wildman–Crippen MR) is 98.4 cm³/mol. The fourth-order valence-corrected chi connectivity index (χ4v) is 4.03. The summed E-state index contributed by atoms with van der Waals surface area (Å²) in [7, 11) is 0.